The number of halogens is 3. The number of hydrogen-bond acceptors (Lipinski definition) is 9. The van der Waals surface area contributed by atoms with Gasteiger partial charge in [0.25, 0.3) is 0 Å². The van der Waals surface area contributed by atoms with Crippen molar-refractivity contribution in [2.45, 2.75) is 31.9 Å². The Morgan fingerprint density at radius 2 is 1.64 bits per heavy atom. The molecule has 0 amide bonds. The van der Waals surface area contributed by atoms with Crippen LogP contribution >= 0.6 is 0 Å². The molecule has 0 aliphatic carbocycles. The average molecular weight is 743 g/mol. The zero-order valence-electron chi connectivity index (χ0n) is 28.4. The van der Waals surface area contributed by atoms with Crippen molar-refractivity contribution in [2.24, 2.45) is 0 Å². The molecule has 2 saturated heterocycles. The molecule has 3 aromatic heterocycles. The maximum absolute atomic E-state index is 15.2. The van der Waals surface area contributed by atoms with E-state index >= 15 is 4.39 Å². The number of anilines is 1. The zero-order valence-corrected chi connectivity index (χ0v) is 29.2. The number of aromatic amines is 1. The number of H-pyrrole nitrogens is 1. The number of pyridine rings is 1. The van der Waals surface area contributed by atoms with Crippen LogP contribution in [-0.2, 0) is 9.84 Å². The molecule has 8 rings (SSSR count). The van der Waals surface area contributed by atoms with E-state index in [9.17, 15) is 22.0 Å². The number of nitrogen functional groups attached to an aromatic ring is 1. The van der Waals surface area contributed by atoms with E-state index in [1.807, 2.05) is 0 Å². The monoisotopic (exact) mass is 742 g/mol. The van der Waals surface area contributed by atoms with Crippen molar-refractivity contribution in [3.63, 3.8) is 0 Å². The quantitative estimate of drug-likeness (QED) is 0.161. The minimum absolute atomic E-state index is 0.0364. The Hall–Kier alpha value is -5.67. The van der Waals surface area contributed by atoms with E-state index < -0.39 is 38.8 Å². The topological polar surface area (TPSA) is 145 Å². The van der Waals surface area contributed by atoms with Gasteiger partial charge in [0.1, 0.15) is 23.5 Å². The number of nitrogens with zero attached hydrogens (tertiary/aromatic N) is 4. The molecule has 15 heteroatoms. The Balaban J connectivity index is 1.05. The van der Waals surface area contributed by atoms with Crippen LogP contribution in [0.3, 0.4) is 0 Å². The molecule has 2 aliphatic heterocycles. The van der Waals surface area contributed by atoms with Crippen molar-refractivity contribution < 1.29 is 35.9 Å². The maximum atomic E-state index is 15.2. The number of sulfone groups is 1. The molecule has 6 aromatic rings. The van der Waals surface area contributed by atoms with Gasteiger partial charge >= 0.3 is 0 Å². The van der Waals surface area contributed by atoms with E-state index in [0.29, 0.717) is 65.0 Å². The number of aryl methyl sites for hydroxylation is 1. The molecule has 3 N–H and O–H groups in total. The summed E-state index contributed by atoms with van der Waals surface area (Å²) >= 11 is 0. The number of fused-ring (bicyclic) bond motifs is 1. The van der Waals surface area contributed by atoms with Gasteiger partial charge in [-0.2, -0.15) is 5.10 Å². The molecule has 0 bridgehead atoms. The molecule has 0 unspecified atom stereocenters. The van der Waals surface area contributed by atoms with Crippen LogP contribution in [0.4, 0.5) is 19.0 Å². The zero-order chi connectivity index (χ0) is 37.0. The van der Waals surface area contributed by atoms with Gasteiger partial charge < -0.3 is 20.2 Å². The van der Waals surface area contributed by atoms with E-state index in [1.54, 1.807) is 43.3 Å². The Kier molecular flexibility index (Phi) is 8.69. The molecule has 5 heterocycles. The van der Waals surface area contributed by atoms with E-state index in [2.05, 4.69) is 20.0 Å². The number of aromatic nitrogens is 4. The predicted molar refractivity (Wildman–Crippen MR) is 192 cm³/mol. The van der Waals surface area contributed by atoms with Crippen LogP contribution in [0.1, 0.15) is 34.5 Å². The third-order valence-corrected chi connectivity index (χ3v) is 11.6. The normalized spacial score (nSPS) is 16.5. The number of piperidine rings is 1. The highest BCUT2D eigenvalue weighted by Crippen LogP contribution is 2.38. The van der Waals surface area contributed by atoms with Crippen LogP contribution in [0.15, 0.2) is 79.1 Å². The maximum Gasteiger partial charge on any atom is 0.219 e. The van der Waals surface area contributed by atoms with Gasteiger partial charge in [-0.1, -0.05) is 24.3 Å². The summed E-state index contributed by atoms with van der Waals surface area (Å²) in [4.78, 5) is 23.4. The van der Waals surface area contributed by atoms with Crippen LogP contribution in [0.5, 0.6) is 17.4 Å². The Morgan fingerprint density at radius 1 is 0.925 bits per heavy atom. The Bertz CT molecular complexity index is 2480. The summed E-state index contributed by atoms with van der Waals surface area (Å²) in [5.74, 6) is -2.37. The first kappa shape index (κ1) is 34.4. The number of ether oxygens (including phenoxy) is 2. The summed E-state index contributed by atoms with van der Waals surface area (Å²) in [6.45, 7) is 3.10. The first-order chi connectivity index (χ1) is 25.4. The number of carbonyl (C=O) groups is 1. The van der Waals surface area contributed by atoms with Crippen LogP contribution < -0.4 is 15.2 Å². The minimum atomic E-state index is -2.93. The number of carbonyl (C=O) groups excluding carboxylic acids is 1. The van der Waals surface area contributed by atoms with Crippen molar-refractivity contribution in [3.8, 4) is 34.2 Å². The number of rotatable bonds is 9. The van der Waals surface area contributed by atoms with Crippen molar-refractivity contribution in [1.82, 2.24) is 24.6 Å². The van der Waals surface area contributed by atoms with Crippen LogP contribution in [-0.4, -0.2) is 75.6 Å². The smallest absolute Gasteiger partial charge is 0.219 e. The predicted octanol–water partition coefficient (Wildman–Crippen LogP) is 6.39. The molecular weight excluding hydrogens is 710 g/mol. The minimum Gasteiger partial charge on any atom is -0.490 e. The second-order valence-electron chi connectivity index (χ2n) is 13.3. The Labute approximate surface area is 302 Å². The van der Waals surface area contributed by atoms with Crippen LogP contribution in [0.25, 0.3) is 27.7 Å². The van der Waals surface area contributed by atoms with Gasteiger partial charge in [0.2, 0.25) is 17.4 Å². The fourth-order valence-electron chi connectivity index (χ4n) is 6.91. The van der Waals surface area contributed by atoms with Crippen molar-refractivity contribution in [2.75, 3.05) is 30.3 Å². The van der Waals surface area contributed by atoms with Gasteiger partial charge in [0.15, 0.2) is 21.5 Å². The van der Waals surface area contributed by atoms with Gasteiger partial charge in [0.05, 0.1) is 40.8 Å². The van der Waals surface area contributed by atoms with Gasteiger partial charge in [-0.15, -0.1) is 0 Å². The molecule has 0 spiro atoms. The highest BCUT2D eigenvalue weighted by Gasteiger charge is 2.39. The molecular formula is C38H33F3N6O5S. The molecule has 272 valence electrons. The third kappa shape index (κ3) is 6.61. The highest BCUT2D eigenvalue weighted by molar-refractivity contribution is 7.92. The first-order valence-electron chi connectivity index (χ1n) is 16.9. The van der Waals surface area contributed by atoms with Crippen molar-refractivity contribution >= 4 is 32.3 Å². The summed E-state index contributed by atoms with van der Waals surface area (Å²) in [7, 11) is -2.93. The van der Waals surface area contributed by atoms with E-state index in [4.69, 9.17) is 15.2 Å². The van der Waals surface area contributed by atoms with Crippen LogP contribution in [0, 0.1) is 24.4 Å². The molecule has 2 aliphatic rings. The summed E-state index contributed by atoms with van der Waals surface area (Å²) < 4.78 is 80.0. The fraction of sp³-hybridized carbons (Fsp3) is 0.237. The van der Waals surface area contributed by atoms with Crippen LogP contribution in [0.2, 0.25) is 0 Å². The van der Waals surface area contributed by atoms with Gasteiger partial charge in [-0.05, 0) is 61.7 Å². The Morgan fingerprint density at radius 3 is 2.34 bits per heavy atom. The fourth-order valence-corrected chi connectivity index (χ4v) is 8.41. The number of hydrogen-bond donors (Lipinski definition) is 2. The lowest BCUT2D eigenvalue weighted by molar-refractivity contribution is 0.0827. The summed E-state index contributed by atoms with van der Waals surface area (Å²) in [6, 6.07) is 16.5. The molecule has 2 fully saturated rings. The van der Waals surface area contributed by atoms with Crippen molar-refractivity contribution in [3.05, 3.63) is 113 Å². The number of benzene rings is 3. The van der Waals surface area contributed by atoms with Crippen molar-refractivity contribution in [1.29, 1.82) is 0 Å². The lowest BCUT2D eigenvalue weighted by Gasteiger charge is -2.41. The summed E-state index contributed by atoms with van der Waals surface area (Å²) in [5, 5.41) is 4.99. The molecule has 3 aromatic carbocycles. The van der Waals surface area contributed by atoms with E-state index in [0.717, 1.165) is 12.1 Å². The molecule has 53 heavy (non-hydrogen) atoms. The standard InChI is InChI=1S/C38H33F3N6O5S/c1-21-13-35(52-37-29(40)7-4-8-30(37)41)43-18-33(21)47-38(42)27(17-44-47)36(48)32-14-22-15-34(26(16-31(22)45-32)25-5-2-3-6-28(25)39)51-24-9-11-46(12-10-24)23-19-53(49,50)20-23/h2-8,13-18,23-24,45H,9-12,19-20,42H2,1H3. The highest BCUT2D eigenvalue weighted by atomic mass is 32.2. The number of ketones is 1. The number of likely N-dealkylation sites (tertiary alicyclic amines) is 1. The molecule has 0 saturated carbocycles. The number of nitrogens with two attached hydrogens (primary N) is 1. The summed E-state index contributed by atoms with van der Waals surface area (Å²) in [6.07, 6.45) is 3.90. The van der Waals surface area contributed by atoms with E-state index in [1.165, 1.54) is 35.3 Å². The van der Waals surface area contributed by atoms with Gasteiger partial charge in [-0.3, -0.25) is 9.69 Å². The molecule has 11 nitrogen and oxygen atoms in total. The SMILES string of the molecule is Cc1cc(Oc2c(F)cccc2F)ncc1-n1ncc(C(=O)c2cc3cc(OC4CCN(C5CS(=O)(=O)C5)CC4)c(-c4ccccc4F)cc3[nH]2)c1N. The first-order valence-corrected chi connectivity index (χ1v) is 18.8. The molecule has 0 atom stereocenters. The average Bonchev–Trinajstić information content (AvgIpc) is 3.72. The van der Waals surface area contributed by atoms with Gasteiger partial charge in [-0.25, -0.2) is 31.3 Å². The largest absolute Gasteiger partial charge is 0.490 e. The number of para-hydroxylation sites is 1. The third-order valence-electron chi connectivity index (χ3n) is 9.77. The number of nitrogens with one attached hydrogen (secondary N) is 1. The second kappa shape index (κ2) is 13.4. The lowest BCUT2D eigenvalue weighted by Crippen LogP contribution is -2.56. The second-order valence-corrected chi connectivity index (χ2v) is 15.5. The lowest BCUT2D eigenvalue weighted by atomic mass is 10.0. The molecule has 0 radical (unpaired) electrons. The van der Waals surface area contributed by atoms with Gasteiger partial charge in [0, 0.05) is 47.2 Å². The van der Waals surface area contributed by atoms with E-state index in [-0.39, 0.29) is 46.6 Å². The summed E-state index contributed by atoms with van der Waals surface area (Å²) in [5.41, 5.74) is 9.19.